The van der Waals surface area contributed by atoms with Crippen molar-refractivity contribution in [1.29, 1.82) is 0 Å². The largest absolute Gasteiger partial charge is 0.573 e. The summed E-state index contributed by atoms with van der Waals surface area (Å²) in [4.78, 5) is 6.08. The summed E-state index contributed by atoms with van der Waals surface area (Å²) in [6.07, 6.45) is -3.72. The van der Waals surface area contributed by atoms with Crippen molar-refractivity contribution < 1.29 is 17.9 Å². The topological polar surface area (TPSA) is 76.9 Å². The van der Waals surface area contributed by atoms with Gasteiger partial charge in [0.15, 0.2) is 5.96 Å². The van der Waals surface area contributed by atoms with Crippen molar-refractivity contribution in [2.24, 2.45) is 22.4 Å². The normalized spacial score (nSPS) is 18.6. The fourth-order valence-electron chi connectivity index (χ4n) is 2.31. The Morgan fingerprint density at radius 2 is 1.95 bits per heavy atom. The molecule has 0 radical (unpaired) electrons. The van der Waals surface area contributed by atoms with Crippen LogP contribution >= 0.6 is 0 Å². The maximum Gasteiger partial charge on any atom is 0.573 e. The maximum atomic E-state index is 12.1. The third kappa shape index (κ3) is 4.73. The Bertz CT molecular complexity index is 497. The van der Waals surface area contributed by atoms with Gasteiger partial charge in [-0.15, -0.1) is 13.2 Å². The molecule has 1 aliphatic heterocycles. The summed E-state index contributed by atoms with van der Waals surface area (Å²) >= 11 is 0. The molecular weight excluding hydrogens is 285 g/mol. The molecule has 2 rings (SSSR count). The zero-order chi connectivity index (χ0) is 15.5. The fourth-order valence-corrected chi connectivity index (χ4v) is 2.31. The smallest absolute Gasteiger partial charge is 0.406 e. The molecule has 1 fully saturated rings. The highest BCUT2D eigenvalue weighted by Gasteiger charge is 2.31. The van der Waals surface area contributed by atoms with Gasteiger partial charge >= 0.3 is 6.36 Å². The first-order chi connectivity index (χ1) is 9.83. The van der Waals surface area contributed by atoms with Gasteiger partial charge in [0.2, 0.25) is 0 Å². The third-order valence-corrected chi connectivity index (χ3v) is 3.25. The first-order valence-electron chi connectivity index (χ1n) is 6.49. The van der Waals surface area contributed by atoms with Crippen LogP contribution < -0.4 is 21.1 Å². The van der Waals surface area contributed by atoms with Crippen molar-refractivity contribution in [3.8, 4) is 5.75 Å². The van der Waals surface area contributed by atoms with Gasteiger partial charge in [0.05, 0.1) is 0 Å². The van der Waals surface area contributed by atoms with E-state index in [1.165, 1.54) is 12.1 Å². The van der Waals surface area contributed by atoms with Crippen LogP contribution in [0.4, 0.5) is 18.9 Å². The SMILES string of the molecule is NC(N)=NC[C@H]1CCN(c2ccc(OC(F)(F)F)cc2)C1. The lowest BCUT2D eigenvalue weighted by Crippen LogP contribution is -2.25. The lowest BCUT2D eigenvalue weighted by atomic mass is 10.1. The van der Waals surface area contributed by atoms with E-state index >= 15 is 0 Å². The zero-order valence-electron chi connectivity index (χ0n) is 11.3. The van der Waals surface area contributed by atoms with E-state index in [1.54, 1.807) is 12.1 Å². The Balaban J connectivity index is 1.93. The van der Waals surface area contributed by atoms with Gasteiger partial charge in [0.1, 0.15) is 5.75 Å². The Kier molecular flexibility index (Phi) is 4.44. The molecule has 0 amide bonds. The van der Waals surface area contributed by atoms with E-state index in [0.29, 0.717) is 12.5 Å². The summed E-state index contributed by atoms with van der Waals surface area (Å²) in [5.74, 6) is 0.197. The maximum absolute atomic E-state index is 12.1. The van der Waals surface area contributed by atoms with Crippen LogP contribution in [0.2, 0.25) is 0 Å². The Morgan fingerprint density at radius 3 is 2.52 bits per heavy atom. The van der Waals surface area contributed by atoms with E-state index in [0.717, 1.165) is 25.2 Å². The van der Waals surface area contributed by atoms with E-state index in [4.69, 9.17) is 11.5 Å². The van der Waals surface area contributed by atoms with Gasteiger partial charge < -0.3 is 21.1 Å². The molecule has 0 spiro atoms. The number of nitrogens with zero attached hydrogens (tertiary/aromatic N) is 2. The lowest BCUT2D eigenvalue weighted by Gasteiger charge is -2.19. The predicted molar refractivity (Wildman–Crippen MR) is 74.1 cm³/mol. The van der Waals surface area contributed by atoms with E-state index in [2.05, 4.69) is 14.6 Å². The van der Waals surface area contributed by atoms with Gasteiger partial charge in [0, 0.05) is 25.3 Å². The van der Waals surface area contributed by atoms with Crippen molar-refractivity contribution >= 4 is 11.6 Å². The van der Waals surface area contributed by atoms with Crippen molar-refractivity contribution in [2.75, 3.05) is 24.5 Å². The van der Waals surface area contributed by atoms with Crippen LogP contribution in [0, 0.1) is 5.92 Å². The standard InChI is InChI=1S/C13H17F3N4O/c14-13(15,16)21-11-3-1-10(2-4-11)20-6-5-9(8-20)7-19-12(17)18/h1-4,9H,5-8H2,(H4,17,18,19)/t9-/m1/s1. The van der Waals surface area contributed by atoms with Crippen molar-refractivity contribution in [2.45, 2.75) is 12.8 Å². The lowest BCUT2D eigenvalue weighted by molar-refractivity contribution is -0.274. The monoisotopic (exact) mass is 302 g/mol. The first-order valence-corrected chi connectivity index (χ1v) is 6.49. The molecular formula is C13H17F3N4O. The number of aliphatic imine (C=N–C) groups is 1. The highest BCUT2D eigenvalue weighted by Crippen LogP contribution is 2.28. The minimum atomic E-state index is -4.67. The molecule has 116 valence electrons. The van der Waals surface area contributed by atoms with Crippen molar-refractivity contribution in [3.05, 3.63) is 24.3 Å². The number of alkyl halides is 3. The molecule has 0 unspecified atom stereocenters. The Labute approximate surface area is 120 Å². The summed E-state index contributed by atoms with van der Waals surface area (Å²) in [6, 6.07) is 5.85. The Hall–Kier alpha value is -2.12. The van der Waals surface area contributed by atoms with Crippen LogP contribution in [0.15, 0.2) is 29.3 Å². The van der Waals surface area contributed by atoms with Crippen molar-refractivity contribution in [1.82, 2.24) is 0 Å². The summed E-state index contributed by atoms with van der Waals surface area (Å²) < 4.78 is 40.1. The highest BCUT2D eigenvalue weighted by molar-refractivity contribution is 5.75. The number of nitrogens with two attached hydrogens (primary N) is 2. The van der Waals surface area contributed by atoms with Crippen LogP contribution in [0.5, 0.6) is 5.75 Å². The second-order valence-corrected chi connectivity index (χ2v) is 4.91. The summed E-state index contributed by atoms with van der Waals surface area (Å²) in [5, 5.41) is 0. The van der Waals surface area contributed by atoms with E-state index < -0.39 is 6.36 Å². The molecule has 0 saturated carbocycles. The average molecular weight is 302 g/mol. The van der Waals surface area contributed by atoms with E-state index in [1.807, 2.05) is 0 Å². The number of anilines is 1. The quantitative estimate of drug-likeness (QED) is 0.655. The zero-order valence-corrected chi connectivity index (χ0v) is 11.3. The molecule has 21 heavy (non-hydrogen) atoms. The van der Waals surface area contributed by atoms with Gasteiger partial charge in [-0.2, -0.15) is 0 Å². The first kappa shape index (κ1) is 15.3. The van der Waals surface area contributed by atoms with Gasteiger partial charge in [-0.25, -0.2) is 0 Å². The number of halogens is 3. The summed E-state index contributed by atoms with van der Waals surface area (Å²) in [6.45, 7) is 2.16. The van der Waals surface area contributed by atoms with Crippen LogP contribution in [0.3, 0.4) is 0 Å². The van der Waals surface area contributed by atoms with E-state index in [-0.39, 0.29) is 11.7 Å². The van der Waals surface area contributed by atoms with Crippen LogP contribution in [-0.4, -0.2) is 32.0 Å². The molecule has 1 aromatic carbocycles. The number of guanidine groups is 1. The minimum absolute atomic E-state index is 0.0714. The second-order valence-electron chi connectivity index (χ2n) is 4.91. The third-order valence-electron chi connectivity index (χ3n) is 3.25. The number of ether oxygens (including phenoxy) is 1. The summed E-state index contributed by atoms with van der Waals surface area (Å²) in [5.41, 5.74) is 11.4. The fraction of sp³-hybridized carbons (Fsp3) is 0.462. The molecule has 1 atom stereocenters. The molecule has 1 aliphatic rings. The molecule has 4 N–H and O–H groups in total. The second kappa shape index (κ2) is 6.11. The number of rotatable bonds is 4. The minimum Gasteiger partial charge on any atom is -0.406 e. The number of hydrogen-bond donors (Lipinski definition) is 2. The van der Waals surface area contributed by atoms with Crippen molar-refractivity contribution in [3.63, 3.8) is 0 Å². The molecule has 0 aliphatic carbocycles. The van der Waals surface area contributed by atoms with Gasteiger partial charge in [0.25, 0.3) is 0 Å². The Morgan fingerprint density at radius 1 is 1.29 bits per heavy atom. The highest BCUT2D eigenvalue weighted by atomic mass is 19.4. The molecule has 1 heterocycles. The number of hydrogen-bond acceptors (Lipinski definition) is 3. The van der Waals surface area contributed by atoms with Gasteiger partial charge in [-0.1, -0.05) is 0 Å². The van der Waals surface area contributed by atoms with Crippen LogP contribution in [-0.2, 0) is 0 Å². The molecule has 1 saturated heterocycles. The van der Waals surface area contributed by atoms with Gasteiger partial charge in [-0.05, 0) is 36.6 Å². The number of benzene rings is 1. The molecule has 1 aromatic rings. The average Bonchev–Trinajstić information content (AvgIpc) is 2.84. The summed E-state index contributed by atoms with van der Waals surface area (Å²) in [7, 11) is 0. The van der Waals surface area contributed by atoms with Crippen LogP contribution in [0.25, 0.3) is 0 Å². The van der Waals surface area contributed by atoms with E-state index in [9.17, 15) is 13.2 Å². The predicted octanol–water partition coefficient (Wildman–Crippen LogP) is 1.68. The molecule has 8 heteroatoms. The molecule has 0 bridgehead atoms. The van der Waals surface area contributed by atoms with Gasteiger partial charge in [-0.3, -0.25) is 4.99 Å². The molecule has 0 aromatic heterocycles. The molecule has 5 nitrogen and oxygen atoms in total. The van der Waals surface area contributed by atoms with Crippen LogP contribution in [0.1, 0.15) is 6.42 Å².